The van der Waals surface area contributed by atoms with Gasteiger partial charge in [-0.3, -0.25) is 14.4 Å². The smallest absolute Gasteiger partial charge is 0.306 e. The highest BCUT2D eigenvalue weighted by Gasteiger charge is 2.47. The summed E-state index contributed by atoms with van der Waals surface area (Å²) in [7, 11) is 0. The summed E-state index contributed by atoms with van der Waals surface area (Å²) >= 11 is 0. The van der Waals surface area contributed by atoms with Gasteiger partial charge < -0.3 is 9.84 Å². The van der Waals surface area contributed by atoms with Crippen LogP contribution in [0.2, 0.25) is 0 Å². The zero-order valence-electron chi connectivity index (χ0n) is 19.3. The summed E-state index contributed by atoms with van der Waals surface area (Å²) < 4.78 is 5.73. The number of rotatable bonds is 14. The van der Waals surface area contributed by atoms with Gasteiger partial charge in [0, 0.05) is 36.8 Å². The quantitative estimate of drug-likeness (QED) is 0.300. The summed E-state index contributed by atoms with van der Waals surface area (Å²) in [6, 6.07) is 0. The fourth-order valence-corrected chi connectivity index (χ4v) is 4.43. The Labute approximate surface area is 177 Å². The Morgan fingerprint density at radius 2 is 1.45 bits per heavy atom. The standard InChI is InChI=1S/C23H43NO5/c1-6-7-8-9-10-13-16-28-24-22(2,3)17-19(18-23(24,4)5)29-21(27)15-12-11-14-20(25)26/h19H,6-18H2,1-5H3,(H,25,26). The van der Waals surface area contributed by atoms with Crippen LogP contribution in [-0.2, 0) is 19.2 Å². The van der Waals surface area contributed by atoms with Gasteiger partial charge in [0.2, 0.25) is 0 Å². The number of piperidine rings is 1. The van der Waals surface area contributed by atoms with Crippen molar-refractivity contribution in [2.75, 3.05) is 6.61 Å². The Balaban J connectivity index is 2.43. The van der Waals surface area contributed by atoms with Crippen LogP contribution in [0.5, 0.6) is 0 Å². The topological polar surface area (TPSA) is 76.1 Å². The lowest BCUT2D eigenvalue weighted by molar-refractivity contribution is -0.293. The summed E-state index contributed by atoms with van der Waals surface area (Å²) in [4.78, 5) is 28.9. The lowest BCUT2D eigenvalue weighted by Crippen LogP contribution is -2.62. The molecule has 1 aliphatic heterocycles. The zero-order valence-corrected chi connectivity index (χ0v) is 19.3. The van der Waals surface area contributed by atoms with Crippen LogP contribution in [0, 0.1) is 0 Å². The number of unbranched alkanes of at least 4 members (excludes halogenated alkanes) is 6. The molecule has 0 unspecified atom stereocenters. The Bertz CT molecular complexity index is 485. The van der Waals surface area contributed by atoms with Crippen molar-refractivity contribution in [2.45, 2.75) is 129 Å². The van der Waals surface area contributed by atoms with Crippen molar-refractivity contribution in [3.8, 4) is 0 Å². The average molecular weight is 414 g/mol. The average Bonchev–Trinajstić information content (AvgIpc) is 2.58. The van der Waals surface area contributed by atoms with E-state index in [1.807, 2.05) is 0 Å². The van der Waals surface area contributed by atoms with E-state index in [2.05, 4.69) is 39.7 Å². The number of carbonyl (C=O) groups excluding carboxylic acids is 1. The van der Waals surface area contributed by atoms with Gasteiger partial charge in [-0.1, -0.05) is 39.0 Å². The predicted molar refractivity (Wildman–Crippen MR) is 115 cm³/mol. The van der Waals surface area contributed by atoms with Gasteiger partial charge in [0.15, 0.2) is 0 Å². The number of carboxylic acids is 1. The maximum absolute atomic E-state index is 12.2. The molecule has 1 saturated heterocycles. The first kappa shape index (κ1) is 25.9. The number of aliphatic carboxylic acids is 1. The van der Waals surface area contributed by atoms with E-state index in [1.54, 1.807) is 0 Å². The van der Waals surface area contributed by atoms with E-state index >= 15 is 0 Å². The Morgan fingerprint density at radius 1 is 0.897 bits per heavy atom. The number of hydrogen-bond donors (Lipinski definition) is 1. The number of carbonyl (C=O) groups is 2. The first-order valence-electron chi connectivity index (χ1n) is 11.4. The van der Waals surface area contributed by atoms with Crippen molar-refractivity contribution in [1.29, 1.82) is 0 Å². The van der Waals surface area contributed by atoms with E-state index < -0.39 is 5.97 Å². The van der Waals surface area contributed by atoms with Crippen LogP contribution in [0.1, 0.15) is 112 Å². The zero-order chi connectivity index (χ0) is 21.9. The second-order valence-electron chi connectivity index (χ2n) is 9.64. The summed E-state index contributed by atoms with van der Waals surface area (Å²) in [5, 5.41) is 10.8. The number of hydrogen-bond acceptors (Lipinski definition) is 5. The molecule has 0 atom stereocenters. The molecule has 0 aromatic carbocycles. The van der Waals surface area contributed by atoms with Crippen LogP contribution >= 0.6 is 0 Å². The minimum absolute atomic E-state index is 0.0989. The number of carboxylic acid groups (broad SMARTS) is 1. The summed E-state index contributed by atoms with van der Waals surface area (Å²) in [6.45, 7) is 11.5. The second kappa shape index (κ2) is 12.5. The number of esters is 1. The second-order valence-corrected chi connectivity index (χ2v) is 9.64. The van der Waals surface area contributed by atoms with Crippen LogP contribution in [0.3, 0.4) is 0 Å². The third-order valence-electron chi connectivity index (χ3n) is 5.59. The molecule has 0 spiro atoms. The number of hydroxylamine groups is 2. The molecular weight excluding hydrogens is 370 g/mol. The van der Waals surface area contributed by atoms with Gasteiger partial charge in [0.05, 0.1) is 6.61 Å². The van der Waals surface area contributed by atoms with Crippen molar-refractivity contribution in [2.24, 2.45) is 0 Å². The molecule has 6 nitrogen and oxygen atoms in total. The summed E-state index contributed by atoms with van der Waals surface area (Å²) in [5.41, 5.74) is -0.448. The molecule has 0 aromatic heterocycles. The van der Waals surface area contributed by atoms with E-state index in [9.17, 15) is 9.59 Å². The predicted octanol–water partition coefficient (Wildman–Crippen LogP) is 5.49. The van der Waals surface area contributed by atoms with Crippen LogP contribution in [-0.4, -0.2) is 45.9 Å². The molecule has 0 saturated carbocycles. The van der Waals surface area contributed by atoms with Crippen molar-refractivity contribution >= 4 is 11.9 Å². The highest BCUT2D eigenvalue weighted by molar-refractivity contribution is 5.70. The minimum atomic E-state index is -0.824. The molecule has 0 bridgehead atoms. The van der Waals surface area contributed by atoms with Gasteiger partial charge in [-0.05, 0) is 47.0 Å². The summed E-state index contributed by atoms with van der Waals surface area (Å²) in [6.07, 6.45) is 10.2. The first-order valence-corrected chi connectivity index (χ1v) is 11.4. The van der Waals surface area contributed by atoms with Crippen molar-refractivity contribution in [3.63, 3.8) is 0 Å². The number of nitrogens with zero attached hydrogens (tertiary/aromatic N) is 1. The van der Waals surface area contributed by atoms with Crippen LogP contribution < -0.4 is 0 Å². The highest BCUT2D eigenvalue weighted by Crippen LogP contribution is 2.40. The van der Waals surface area contributed by atoms with Gasteiger partial charge in [-0.2, -0.15) is 5.06 Å². The Morgan fingerprint density at radius 3 is 2.03 bits per heavy atom. The van der Waals surface area contributed by atoms with Gasteiger partial charge in [-0.15, -0.1) is 0 Å². The molecule has 1 fully saturated rings. The summed E-state index contributed by atoms with van der Waals surface area (Å²) in [5.74, 6) is -1.05. The molecule has 6 heteroatoms. The monoisotopic (exact) mass is 413 g/mol. The molecular formula is C23H43NO5. The molecule has 1 rings (SSSR count). The fraction of sp³-hybridized carbons (Fsp3) is 0.913. The van der Waals surface area contributed by atoms with Gasteiger partial charge >= 0.3 is 11.9 Å². The Hall–Kier alpha value is -1.14. The number of ether oxygens (including phenoxy) is 1. The van der Waals surface area contributed by atoms with E-state index in [1.165, 1.54) is 32.1 Å². The van der Waals surface area contributed by atoms with Gasteiger partial charge in [-0.25, -0.2) is 0 Å². The van der Waals surface area contributed by atoms with Crippen molar-refractivity contribution in [1.82, 2.24) is 5.06 Å². The van der Waals surface area contributed by atoms with Crippen molar-refractivity contribution in [3.05, 3.63) is 0 Å². The van der Waals surface area contributed by atoms with Gasteiger partial charge in [0.1, 0.15) is 6.10 Å². The molecule has 0 aromatic rings. The molecule has 0 amide bonds. The fourth-order valence-electron chi connectivity index (χ4n) is 4.43. The van der Waals surface area contributed by atoms with Gasteiger partial charge in [0.25, 0.3) is 0 Å². The lowest BCUT2D eigenvalue weighted by atomic mass is 9.80. The third kappa shape index (κ3) is 9.94. The third-order valence-corrected chi connectivity index (χ3v) is 5.59. The molecule has 1 N–H and O–H groups in total. The van der Waals surface area contributed by atoms with E-state index in [4.69, 9.17) is 14.7 Å². The maximum Gasteiger partial charge on any atom is 0.306 e. The molecule has 1 heterocycles. The van der Waals surface area contributed by atoms with E-state index in [-0.39, 0.29) is 36.0 Å². The largest absolute Gasteiger partial charge is 0.481 e. The SMILES string of the molecule is CCCCCCCCON1C(C)(C)CC(OC(=O)CCCCC(=O)O)CC1(C)C. The maximum atomic E-state index is 12.2. The van der Waals surface area contributed by atoms with Crippen molar-refractivity contribution < 1.29 is 24.3 Å². The highest BCUT2D eigenvalue weighted by atomic mass is 16.7. The molecule has 1 aliphatic rings. The first-order chi connectivity index (χ1) is 13.6. The molecule has 0 radical (unpaired) electrons. The molecule has 170 valence electrons. The molecule has 29 heavy (non-hydrogen) atoms. The van der Waals surface area contributed by atoms with E-state index in [0.29, 0.717) is 12.8 Å². The lowest BCUT2D eigenvalue weighted by Gasteiger charge is -2.53. The van der Waals surface area contributed by atoms with E-state index in [0.717, 1.165) is 25.9 Å². The van der Waals surface area contributed by atoms with Crippen LogP contribution in [0.4, 0.5) is 0 Å². The normalized spacial score (nSPS) is 19.2. The molecule has 0 aliphatic carbocycles. The van der Waals surface area contributed by atoms with Crippen LogP contribution in [0.25, 0.3) is 0 Å². The van der Waals surface area contributed by atoms with Crippen LogP contribution in [0.15, 0.2) is 0 Å². The minimum Gasteiger partial charge on any atom is -0.481 e. The Kier molecular flexibility index (Phi) is 11.2.